The maximum absolute atomic E-state index is 10.4. The van der Waals surface area contributed by atoms with Crippen LogP contribution >= 0.6 is 0 Å². The Morgan fingerprint density at radius 1 is 1.07 bits per heavy atom. The minimum Gasteiger partial charge on any atom is -0.389 e. The van der Waals surface area contributed by atoms with E-state index in [0.717, 1.165) is 19.4 Å². The van der Waals surface area contributed by atoms with Crippen LogP contribution in [-0.4, -0.2) is 23.4 Å². The SMILES string of the molecule is OC1(CCC2CCCCO2)C2CCCC21. The van der Waals surface area contributed by atoms with E-state index >= 15 is 0 Å². The highest BCUT2D eigenvalue weighted by molar-refractivity contribution is 5.14. The van der Waals surface area contributed by atoms with E-state index in [4.69, 9.17) is 4.74 Å². The van der Waals surface area contributed by atoms with Gasteiger partial charge in [0.1, 0.15) is 0 Å². The van der Waals surface area contributed by atoms with Gasteiger partial charge in [0, 0.05) is 6.61 Å². The molecule has 1 heterocycles. The smallest absolute Gasteiger partial charge is 0.0712 e. The highest BCUT2D eigenvalue weighted by atomic mass is 16.5. The first-order valence-corrected chi connectivity index (χ1v) is 6.65. The summed E-state index contributed by atoms with van der Waals surface area (Å²) in [6.45, 7) is 0.940. The van der Waals surface area contributed by atoms with Gasteiger partial charge in [0.25, 0.3) is 0 Å². The molecule has 0 spiro atoms. The minimum atomic E-state index is -0.265. The number of hydrogen-bond donors (Lipinski definition) is 1. The molecule has 2 heteroatoms. The largest absolute Gasteiger partial charge is 0.389 e. The predicted octanol–water partition coefficient (Wildman–Crippen LogP) is 2.50. The fraction of sp³-hybridized carbons (Fsp3) is 1.00. The third-order valence-corrected chi connectivity index (χ3v) is 4.83. The molecule has 1 saturated heterocycles. The summed E-state index contributed by atoms with van der Waals surface area (Å²) < 4.78 is 5.71. The van der Waals surface area contributed by atoms with Gasteiger partial charge in [0.2, 0.25) is 0 Å². The Morgan fingerprint density at radius 2 is 1.87 bits per heavy atom. The van der Waals surface area contributed by atoms with Crippen molar-refractivity contribution in [3.63, 3.8) is 0 Å². The van der Waals surface area contributed by atoms with E-state index in [1.807, 2.05) is 0 Å². The third kappa shape index (κ3) is 1.72. The standard InChI is InChI=1S/C13H22O2/c14-13(11-5-3-6-12(11)13)8-7-10-4-1-2-9-15-10/h10-12,14H,1-9H2. The predicted molar refractivity (Wildman–Crippen MR) is 58.6 cm³/mol. The molecule has 86 valence electrons. The molecule has 3 fully saturated rings. The second kappa shape index (κ2) is 3.74. The van der Waals surface area contributed by atoms with Gasteiger partial charge < -0.3 is 9.84 Å². The summed E-state index contributed by atoms with van der Waals surface area (Å²) in [6.07, 6.45) is 10.2. The second-order valence-electron chi connectivity index (χ2n) is 5.66. The van der Waals surface area contributed by atoms with Gasteiger partial charge in [-0.15, -0.1) is 0 Å². The molecule has 0 aromatic rings. The first kappa shape index (κ1) is 10.1. The summed E-state index contributed by atoms with van der Waals surface area (Å²) in [7, 11) is 0. The van der Waals surface area contributed by atoms with Crippen LogP contribution in [0.1, 0.15) is 51.4 Å². The Balaban J connectivity index is 1.46. The van der Waals surface area contributed by atoms with Crippen molar-refractivity contribution < 1.29 is 9.84 Å². The Labute approximate surface area is 92.0 Å². The Morgan fingerprint density at radius 3 is 2.53 bits per heavy atom. The molecule has 2 aliphatic carbocycles. The molecular weight excluding hydrogens is 188 g/mol. The number of fused-ring (bicyclic) bond motifs is 1. The van der Waals surface area contributed by atoms with Crippen LogP contribution < -0.4 is 0 Å². The van der Waals surface area contributed by atoms with E-state index in [9.17, 15) is 5.11 Å². The lowest BCUT2D eigenvalue weighted by Gasteiger charge is -2.24. The van der Waals surface area contributed by atoms with Crippen molar-refractivity contribution in [2.24, 2.45) is 11.8 Å². The van der Waals surface area contributed by atoms with Gasteiger partial charge in [-0.3, -0.25) is 0 Å². The van der Waals surface area contributed by atoms with Crippen molar-refractivity contribution in [3.8, 4) is 0 Å². The van der Waals surface area contributed by atoms with Crippen molar-refractivity contribution in [2.45, 2.75) is 63.1 Å². The van der Waals surface area contributed by atoms with Gasteiger partial charge >= 0.3 is 0 Å². The van der Waals surface area contributed by atoms with Gasteiger partial charge in [-0.25, -0.2) is 0 Å². The molecule has 2 saturated carbocycles. The normalized spacial score (nSPS) is 49.0. The molecule has 3 rings (SSSR count). The van der Waals surface area contributed by atoms with Gasteiger partial charge in [-0.05, 0) is 56.8 Å². The molecule has 0 amide bonds. The number of hydrogen-bond acceptors (Lipinski definition) is 2. The molecular formula is C13H22O2. The van der Waals surface area contributed by atoms with Crippen LogP contribution in [0.5, 0.6) is 0 Å². The maximum Gasteiger partial charge on any atom is 0.0712 e. The average Bonchev–Trinajstić information content (AvgIpc) is 2.71. The van der Waals surface area contributed by atoms with E-state index < -0.39 is 0 Å². The second-order valence-corrected chi connectivity index (χ2v) is 5.66. The van der Waals surface area contributed by atoms with Crippen LogP contribution in [0.25, 0.3) is 0 Å². The van der Waals surface area contributed by atoms with E-state index in [0.29, 0.717) is 17.9 Å². The van der Waals surface area contributed by atoms with Crippen molar-refractivity contribution >= 4 is 0 Å². The van der Waals surface area contributed by atoms with Gasteiger partial charge in [0.05, 0.1) is 11.7 Å². The van der Waals surface area contributed by atoms with Crippen LogP contribution in [-0.2, 0) is 4.74 Å². The van der Waals surface area contributed by atoms with Crippen molar-refractivity contribution in [1.29, 1.82) is 0 Å². The highest BCUT2D eigenvalue weighted by Crippen LogP contribution is 2.62. The average molecular weight is 210 g/mol. The lowest BCUT2D eigenvalue weighted by Crippen LogP contribution is -2.23. The number of rotatable bonds is 3. The fourth-order valence-corrected chi connectivity index (χ4v) is 3.85. The van der Waals surface area contributed by atoms with Crippen LogP contribution in [0.4, 0.5) is 0 Å². The summed E-state index contributed by atoms with van der Waals surface area (Å²) in [5.74, 6) is 1.31. The molecule has 2 nitrogen and oxygen atoms in total. The molecule has 1 N–H and O–H groups in total. The summed E-state index contributed by atoms with van der Waals surface area (Å²) in [5.41, 5.74) is -0.265. The summed E-state index contributed by atoms with van der Waals surface area (Å²) in [4.78, 5) is 0. The topological polar surface area (TPSA) is 29.5 Å². The summed E-state index contributed by atoms with van der Waals surface area (Å²) in [6, 6.07) is 0. The molecule has 0 bridgehead atoms. The number of aliphatic hydroxyl groups is 1. The quantitative estimate of drug-likeness (QED) is 0.775. The first-order chi connectivity index (χ1) is 7.31. The molecule has 3 unspecified atom stereocenters. The molecule has 15 heavy (non-hydrogen) atoms. The Kier molecular flexibility index (Phi) is 2.52. The van der Waals surface area contributed by atoms with E-state index in [1.165, 1.54) is 38.5 Å². The molecule has 0 radical (unpaired) electrons. The van der Waals surface area contributed by atoms with E-state index in [2.05, 4.69) is 0 Å². The molecule has 1 aliphatic heterocycles. The minimum absolute atomic E-state index is 0.265. The molecule has 0 aromatic carbocycles. The monoisotopic (exact) mass is 210 g/mol. The lowest BCUT2D eigenvalue weighted by molar-refractivity contribution is -0.00490. The number of ether oxygens (including phenoxy) is 1. The molecule has 3 atom stereocenters. The van der Waals surface area contributed by atoms with Crippen LogP contribution in [0.3, 0.4) is 0 Å². The molecule has 3 aliphatic rings. The van der Waals surface area contributed by atoms with Crippen molar-refractivity contribution in [3.05, 3.63) is 0 Å². The maximum atomic E-state index is 10.4. The third-order valence-electron chi connectivity index (χ3n) is 4.83. The molecule has 0 aromatic heterocycles. The van der Waals surface area contributed by atoms with Crippen LogP contribution in [0.15, 0.2) is 0 Å². The van der Waals surface area contributed by atoms with Crippen LogP contribution in [0, 0.1) is 11.8 Å². The van der Waals surface area contributed by atoms with Crippen molar-refractivity contribution in [2.75, 3.05) is 6.61 Å². The lowest BCUT2D eigenvalue weighted by atomic mass is 9.97. The van der Waals surface area contributed by atoms with Crippen LogP contribution in [0.2, 0.25) is 0 Å². The van der Waals surface area contributed by atoms with E-state index in [-0.39, 0.29) is 5.60 Å². The van der Waals surface area contributed by atoms with Gasteiger partial charge in [-0.1, -0.05) is 6.42 Å². The fourth-order valence-electron chi connectivity index (χ4n) is 3.85. The summed E-state index contributed by atoms with van der Waals surface area (Å²) in [5, 5.41) is 10.4. The Hall–Kier alpha value is -0.0800. The zero-order valence-electron chi connectivity index (χ0n) is 9.45. The van der Waals surface area contributed by atoms with Gasteiger partial charge in [0.15, 0.2) is 0 Å². The highest BCUT2D eigenvalue weighted by Gasteiger charge is 2.64. The first-order valence-electron chi connectivity index (χ1n) is 6.65. The Bertz CT molecular complexity index is 223. The van der Waals surface area contributed by atoms with Crippen molar-refractivity contribution in [1.82, 2.24) is 0 Å². The zero-order valence-corrected chi connectivity index (χ0v) is 9.45. The van der Waals surface area contributed by atoms with E-state index in [1.54, 1.807) is 0 Å². The zero-order chi connectivity index (χ0) is 10.3. The van der Waals surface area contributed by atoms with Gasteiger partial charge in [-0.2, -0.15) is 0 Å². The summed E-state index contributed by atoms with van der Waals surface area (Å²) >= 11 is 0.